The number of nitrogens with two attached hydrogens (primary N) is 1. The summed E-state index contributed by atoms with van der Waals surface area (Å²) in [5, 5.41) is 8.73. The minimum Gasteiger partial charge on any atom is -0.396 e. The first-order valence-corrected chi connectivity index (χ1v) is 5.55. The number of carbonyl (C=O) groups is 1. The highest BCUT2D eigenvalue weighted by Gasteiger charge is 2.14. The number of rotatable bonds is 5. The maximum atomic E-state index is 13.2. The van der Waals surface area contributed by atoms with Crippen LogP contribution in [-0.2, 0) is 0 Å². The number of carbonyl (C=O) groups excluding carboxylic acids is 1. The minimum absolute atomic E-state index is 0.0277. The number of aliphatic hydroxyl groups excluding tert-OH is 1. The van der Waals surface area contributed by atoms with Crippen molar-refractivity contribution >= 4 is 11.6 Å². The maximum Gasteiger partial charge on any atom is 0.253 e. The zero-order valence-corrected chi connectivity index (χ0v) is 9.82. The smallest absolute Gasteiger partial charge is 0.253 e. The first-order valence-electron chi connectivity index (χ1n) is 5.55. The molecule has 0 aliphatic rings. The fourth-order valence-electron chi connectivity index (χ4n) is 1.51. The quantitative estimate of drug-likeness (QED) is 0.761. The van der Waals surface area contributed by atoms with Gasteiger partial charge < -0.3 is 15.7 Å². The number of aliphatic hydroxyl groups is 1. The first kappa shape index (κ1) is 13.4. The lowest BCUT2D eigenvalue weighted by Gasteiger charge is -2.20. The summed E-state index contributed by atoms with van der Waals surface area (Å²) in [4.78, 5) is 13.5. The topological polar surface area (TPSA) is 66.6 Å². The molecule has 0 spiro atoms. The second-order valence-corrected chi connectivity index (χ2v) is 3.70. The molecule has 3 N–H and O–H groups in total. The van der Waals surface area contributed by atoms with Crippen molar-refractivity contribution in [3.8, 4) is 0 Å². The van der Waals surface area contributed by atoms with E-state index in [9.17, 15) is 9.18 Å². The molecule has 1 aromatic carbocycles. The third-order valence-corrected chi connectivity index (χ3v) is 2.50. The Morgan fingerprint density at radius 3 is 2.76 bits per heavy atom. The first-order chi connectivity index (χ1) is 8.10. The van der Waals surface area contributed by atoms with Crippen LogP contribution in [0.1, 0.15) is 23.7 Å². The predicted octanol–water partition coefficient (Wildman–Crippen LogP) is 1.25. The van der Waals surface area contributed by atoms with Gasteiger partial charge in [0.2, 0.25) is 0 Å². The van der Waals surface area contributed by atoms with Crippen molar-refractivity contribution in [2.75, 3.05) is 25.4 Å². The zero-order chi connectivity index (χ0) is 12.8. The summed E-state index contributed by atoms with van der Waals surface area (Å²) in [6.07, 6.45) is 0.511. The van der Waals surface area contributed by atoms with Gasteiger partial charge in [-0.3, -0.25) is 4.79 Å². The van der Waals surface area contributed by atoms with E-state index in [0.29, 0.717) is 19.5 Å². The molecule has 0 saturated carbocycles. The van der Waals surface area contributed by atoms with E-state index in [1.807, 2.05) is 6.92 Å². The highest BCUT2D eigenvalue weighted by atomic mass is 19.1. The van der Waals surface area contributed by atoms with Gasteiger partial charge in [0, 0.05) is 25.3 Å². The van der Waals surface area contributed by atoms with Crippen LogP contribution in [0.25, 0.3) is 0 Å². The van der Waals surface area contributed by atoms with Gasteiger partial charge in [-0.05, 0) is 31.5 Å². The molecule has 0 aliphatic heterocycles. The summed E-state index contributed by atoms with van der Waals surface area (Å²) < 4.78 is 13.2. The standard InChI is InChI=1S/C12H17FN2O2/c1-2-15(6-3-7-16)12(17)9-4-5-11(14)10(13)8-9/h4-5,8,16H,2-3,6-7,14H2,1H3. The highest BCUT2D eigenvalue weighted by Crippen LogP contribution is 2.13. The molecule has 0 atom stereocenters. The number of amides is 1. The molecule has 0 unspecified atom stereocenters. The lowest BCUT2D eigenvalue weighted by molar-refractivity contribution is 0.0754. The van der Waals surface area contributed by atoms with Crippen LogP contribution in [0.5, 0.6) is 0 Å². The SMILES string of the molecule is CCN(CCCO)C(=O)c1ccc(N)c(F)c1. The van der Waals surface area contributed by atoms with Crippen LogP contribution in [-0.4, -0.2) is 35.6 Å². The highest BCUT2D eigenvalue weighted by molar-refractivity contribution is 5.94. The molecule has 1 rings (SSSR count). The van der Waals surface area contributed by atoms with Crippen molar-refractivity contribution in [1.29, 1.82) is 0 Å². The van der Waals surface area contributed by atoms with E-state index < -0.39 is 5.82 Å². The third-order valence-electron chi connectivity index (χ3n) is 2.50. The summed E-state index contributed by atoms with van der Waals surface area (Å²) in [5.74, 6) is -0.839. The number of hydrogen-bond acceptors (Lipinski definition) is 3. The Hall–Kier alpha value is -1.62. The Morgan fingerprint density at radius 2 is 2.24 bits per heavy atom. The number of halogens is 1. The lowest BCUT2D eigenvalue weighted by atomic mass is 10.1. The van der Waals surface area contributed by atoms with Crippen LogP contribution in [0.15, 0.2) is 18.2 Å². The molecule has 0 aliphatic carbocycles. The van der Waals surface area contributed by atoms with E-state index in [0.717, 1.165) is 6.07 Å². The van der Waals surface area contributed by atoms with Gasteiger partial charge in [-0.15, -0.1) is 0 Å². The van der Waals surface area contributed by atoms with Crippen LogP contribution in [0.4, 0.5) is 10.1 Å². The van der Waals surface area contributed by atoms with Crippen LogP contribution in [0.2, 0.25) is 0 Å². The Morgan fingerprint density at radius 1 is 1.53 bits per heavy atom. The van der Waals surface area contributed by atoms with Crippen molar-refractivity contribution < 1.29 is 14.3 Å². The van der Waals surface area contributed by atoms with E-state index in [1.165, 1.54) is 12.1 Å². The van der Waals surface area contributed by atoms with Crippen molar-refractivity contribution in [3.05, 3.63) is 29.6 Å². The van der Waals surface area contributed by atoms with Gasteiger partial charge in [-0.1, -0.05) is 0 Å². The largest absolute Gasteiger partial charge is 0.396 e. The Balaban J connectivity index is 2.82. The molecule has 1 amide bonds. The summed E-state index contributed by atoms with van der Waals surface area (Å²) in [5.41, 5.74) is 5.65. The fraction of sp³-hybridized carbons (Fsp3) is 0.417. The average Bonchev–Trinajstić information content (AvgIpc) is 2.33. The van der Waals surface area contributed by atoms with Gasteiger partial charge in [0.15, 0.2) is 0 Å². The summed E-state index contributed by atoms with van der Waals surface area (Å²) in [6, 6.07) is 4.02. The molecule has 0 fully saturated rings. The van der Waals surface area contributed by atoms with Crippen LogP contribution < -0.4 is 5.73 Å². The number of nitrogen functional groups attached to an aromatic ring is 1. The summed E-state index contributed by atoms with van der Waals surface area (Å²) in [6.45, 7) is 2.84. The molecule has 1 aromatic rings. The van der Waals surface area contributed by atoms with Gasteiger partial charge in [-0.25, -0.2) is 4.39 Å². The van der Waals surface area contributed by atoms with Crippen LogP contribution >= 0.6 is 0 Å². The second-order valence-electron chi connectivity index (χ2n) is 3.70. The molecule has 0 radical (unpaired) electrons. The molecule has 0 aromatic heterocycles. The van der Waals surface area contributed by atoms with Gasteiger partial charge in [0.05, 0.1) is 5.69 Å². The predicted molar refractivity (Wildman–Crippen MR) is 64.1 cm³/mol. The summed E-state index contributed by atoms with van der Waals surface area (Å²) in [7, 11) is 0. The monoisotopic (exact) mass is 240 g/mol. The van der Waals surface area contributed by atoms with Gasteiger partial charge in [-0.2, -0.15) is 0 Å². The second kappa shape index (κ2) is 6.20. The number of benzene rings is 1. The van der Waals surface area contributed by atoms with Crippen LogP contribution in [0, 0.1) is 5.82 Å². The molecule has 0 saturated heterocycles. The van der Waals surface area contributed by atoms with Gasteiger partial charge in [0.25, 0.3) is 5.91 Å². The number of anilines is 1. The molecule has 94 valence electrons. The van der Waals surface area contributed by atoms with Gasteiger partial charge >= 0.3 is 0 Å². The fourth-order valence-corrected chi connectivity index (χ4v) is 1.51. The molecular formula is C12H17FN2O2. The minimum atomic E-state index is -0.589. The molecular weight excluding hydrogens is 223 g/mol. The Labute approximate surface area is 99.8 Å². The van der Waals surface area contributed by atoms with Crippen molar-refractivity contribution in [3.63, 3.8) is 0 Å². The van der Waals surface area contributed by atoms with E-state index in [4.69, 9.17) is 10.8 Å². The molecule has 0 heterocycles. The molecule has 17 heavy (non-hydrogen) atoms. The molecule has 5 heteroatoms. The Kier molecular flexibility index (Phi) is 4.90. The summed E-state index contributed by atoms with van der Waals surface area (Å²) >= 11 is 0. The maximum absolute atomic E-state index is 13.2. The van der Waals surface area contributed by atoms with Crippen molar-refractivity contribution in [1.82, 2.24) is 4.90 Å². The van der Waals surface area contributed by atoms with Crippen molar-refractivity contribution in [2.45, 2.75) is 13.3 Å². The number of nitrogens with zero attached hydrogens (tertiary/aromatic N) is 1. The zero-order valence-electron chi connectivity index (χ0n) is 9.82. The Bertz CT molecular complexity index is 396. The third kappa shape index (κ3) is 3.42. The normalized spacial score (nSPS) is 10.3. The lowest BCUT2D eigenvalue weighted by Crippen LogP contribution is -2.32. The van der Waals surface area contributed by atoms with E-state index in [-0.39, 0.29) is 23.8 Å². The van der Waals surface area contributed by atoms with E-state index in [2.05, 4.69) is 0 Å². The van der Waals surface area contributed by atoms with Crippen molar-refractivity contribution in [2.24, 2.45) is 0 Å². The van der Waals surface area contributed by atoms with E-state index >= 15 is 0 Å². The molecule has 4 nitrogen and oxygen atoms in total. The van der Waals surface area contributed by atoms with Crippen LogP contribution in [0.3, 0.4) is 0 Å². The molecule has 0 bridgehead atoms. The number of hydrogen-bond donors (Lipinski definition) is 2. The van der Waals surface area contributed by atoms with Gasteiger partial charge in [0.1, 0.15) is 5.82 Å². The average molecular weight is 240 g/mol. The van der Waals surface area contributed by atoms with E-state index in [1.54, 1.807) is 4.90 Å².